The molecule has 3 amide bonds. The number of halogens is 1. The molecule has 0 bridgehead atoms. The minimum atomic E-state index is -0.729. The topological polar surface area (TPSA) is 90.2 Å². The first-order valence-electron chi connectivity index (χ1n) is 11.2. The molecule has 2 fully saturated rings. The first kappa shape index (κ1) is 22.0. The highest BCUT2D eigenvalue weighted by Gasteiger charge is 2.41. The van der Waals surface area contributed by atoms with E-state index in [9.17, 15) is 18.8 Å². The van der Waals surface area contributed by atoms with Crippen LogP contribution in [0, 0.1) is 12.4 Å². The highest BCUT2D eigenvalue weighted by Crippen LogP contribution is 2.35. The fourth-order valence-corrected chi connectivity index (χ4v) is 4.87. The molecule has 1 N–H and O–H groups in total. The summed E-state index contributed by atoms with van der Waals surface area (Å²) < 4.78 is 14.5. The van der Waals surface area contributed by atoms with Gasteiger partial charge in [-0.1, -0.05) is 12.6 Å². The van der Waals surface area contributed by atoms with Gasteiger partial charge >= 0.3 is 0 Å². The zero-order valence-corrected chi connectivity index (χ0v) is 18.5. The summed E-state index contributed by atoms with van der Waals surface area (Å²) in [6, 6.07) is 5.58. The highest BCUT2D eigenvalue weighted by molar-refractivity contribution is 6.06. The predicted molar refractivity (Wildman–Crippen MR) is 120 cm³/mol. The number of anilines is 1. The average molecular weight is 462 g/mol. The van der Waals surface area contributed by atoms with Crippen molar-refractivity contribution in [2.24, 2.45) is 0 Å². The number of piperidine rings is 1. The van der Waals surface area contributed by atoms with Crippen LogP contribution in [0.25, 0.3) is 4.85 Å². The molecule has 2 saturated heterocycles. The molecule has 9 nitrogen and oxygen atoms in total. The molecule has 0 radical (unpaired) electrons. The number of fused-ring (bicyclic) bond motifs is 1. The van der Waals surface area contributed by atoms with E-state index in [0.717, 1.165) is 24.2 Å². The van der Waals surface area contributed by atoms with Gasteiger partial charge in [-0.3, -0.25) is 24.6 Å². The third-order valence-corrected chi connectivity index (χ3v) is 6.64. The van der Waals surface area contributed by atoms with Crippen molar-refractivity contribution in [2.45, 2.75) is 32.0 Å². The Hall–Kier alpha value is -3.84. The minimum Gasteiger partial charge on any atom is -0.369 e. The number of aromatic nitrogens is 1. The Morgan fingerprint density at radius 1 is 1.15 bits per heavy atom. The van der Waals surface area contributed by atoms with E-state index in [-0.39, 0.29) is 36.8 Å². The van der Waals surface area contributed by atoms with E-state index in [0.29, 0.717) is 31.1 Å². The van der Waals surface area contributed by atoms with Gasteiger partial charge in [-0.05, 0) is 24.6 Å². The summed E-state index contributed by atoms with van der Waals surface area (Å²) in [5.41, 5.74) is 2.72. The Bertz CT molecular complexity index is 1200. The summed E-state index contributed by atoms with van der Waals surface area (Å²) in [5.74, 6) is -1.31. The Morgan fingerprint density at radius 3 is 2.62 bits per heavy atom. The maximum Gasteiger partial charge on any atom is 0.269 e. The third kappa shape index (κ3) is 4.10. The zero-order valence-electron chi connectivity index (χ0n) is 18.5. The number of nitrogens with zero attached hydrogens (tertiary/aromatic N) is 5. The van der Waals surface area contributed by atoms with E-state index < -0.39 is 17.8 Å². The van der Waals surface area contributed by atoms with Gasteiger partial charge in [0.05, 0.1) is 0 Å². The molecule has 34 heavy (non-hydrogen) atoms. The SMILES string of the molecule is [C-]#[N+]c1ccc(CN2CCN(c3cc(F)cc4c3CN(C3CCC(=O)NC3=O)C4=O)CC2)cn1. The number of carbonyl (C=O) groups is 3. The van der Waals surface area contributed by atoms with Crippen LogP contribution in [0.5, 0.6) is 0 Å². The second-order valence-electron chi connectivity index (χ2n) is 8.75. The van der Waals surface area contributed by atoms with Crippen molar-refractivity contribution in [1.82, 2.24) is 20.1 Å². The lowest BCUT2D eigenvalue weighted by molar-refractivity contribution is -0.136. The molecule has 10 heteroatoms. The van der Waals surface area contributed by atoms with Crippen molar-refractivity contribution < 1.29 is 18.8 Å². The summed E-state index contributed by atoms with van der Waals surface area (Å²) in [7, 11) is 0. The van der Waals surface area contributed by atoms with Gasteiger partial charge < -0.3 is 14.6 Å². The van der Waals surface area contributed by atoms with E-state index in [1.165, 1.54) is 17.0 Å². The van der Waals surface area contributed by atoms with E-state index in [1.807, 2.05) is 6.07 Å². The monoisotopic (exact) mass is 462 g/mol. The quantitative estimate of drug-likeness (QED) is 0.551. The molecule has 3 aliphatic heterocycles. The number of piperazine rings is 1. The first-order chi connectivity index (χ1) is 16.4. The summed E-state index contributed by atoms with van der Waals surface area (Å²) in [4.78, 5) is 50.1. The molecular weight excluding hydrogens is 439 g/mol. The van der Waals surface area contributed by atoms with Crippen molar-refractivity contribution >= 4 is 29.2 Å². The third-order valence-electron chi connectivity index (χ3n) is 6.64. The van der Waals surface area contributed by atoms with Gasteiger partial charge in [-0.15, -0.1) is 4.98 Å². The van der Waals surface area contributed by atoms with E-state index in [1.54, 1.807) is 12.3 Å². The van der Waals surface area contributed by atoms with Crippen molar-refractivity contribution in [3.63, 3.8) is 0 Å². The van der Waals surface area contributed by atoms with Crippen LogP contribution in [0.4, 0.5) is 15.9 Å². The summed E-state index contributed by atoms with van der Waals surface area (Å²) >= 11 is 0. The molecule has 3 aliphatic rings. The molecule has 5 rings (SSSR count). The Kier molecular flexibility index (Phi) is 5.71. The molecular formula is C24H23FN6O3. The molecule has 4 heterocycles. The lowest BCUT2D eigenvalue weighted by Gasteiger charge is -2.37. The molecule has 1 aromatic carbocycles. The lowest BCUT2D eigenvalue weighted by atomic mass is 10.0. The van der Waals surface area contributed by atoms with Crippen LogP contribution in [0.3, 0.4) is 0 Å². The number of pyridine rings is 1. The van der Waals surface area contributed by atoms with Crippen LogP contribution in [-0.4, -0.2) is 64.7 Å². The smallest absolute Gasteiger partial charge is 0.269 e. The number of amides is 3. The van der Waals surface area contributed by atoms with Gasteiger partial charge in [-0.25, -0.2) is 4.39 Å². The molecule has 174 valence electrons. The minimum absolute atomic E-state index is 0.176. The number of hydrogen-bond donors (Lipinski definition) is 1. The zero-order chi connectivity index (χ0) is 23.8. The van der Waals surface area contributed by atoms with E-state index in [2.05, 4.69) is 24.9 Å². The molecule has 0 spiro atoms. The Balaban J connectivity index is 1.29. The number of benzene rings is 1. The van der Waals surface area contributed by atoms with Crippen molar-refractivity contribution in [3.8, 4) is 0 Å². The van der Waals surface area contributed by atoms with Crippen molar-refractivity contribution in [1.29, 1.82) is 0 Å². The molecule has 2 aromatic rings. The Morgan fingerprint density at radius 2 is 1.94 bits per heavy atom. The largest absolute Gasteiger partial charge is 0.369 e. The van der Waals surface area contributed by atoms with Crippen LogP contribution in [-0.2, 0) is 22.7 Å². The van der Waals surface area contributed by atoms with Gasteiger partial charge in [0.15, 0.2) is 0 Å². The highest BCUT2D eigenvalue weighted by atomic mass is 19.1. The first-order valence-corrected chi connectivity index (χ1v) is 11.2. The molecule has 0 aliphatic carbocycles. The average Bonchev–Trinajstić information content (AvgIpc) is 3.15. The number of hydrogen-bond acceptors (Lipinski definition) is 6. The summed E-state index contributed by atoms with van der Waals surface area (Å²) in [6.45, 7) is 10.8. The van der Waals surface area contributed by atoms with Gasteiger partial charge in [0.25, 0.3) is 11.7 Å². The maximum atomic E-state index is 14.5. The molecule has 0 saturated carbocycles. The molecule has 1 atom stereocenters. The standard InChI is InChI=1S/C24H23FN6O3/c1-26-21-4-2-15(12-27-21)13-29-6-8-30(9-7-29)20-11-16(25)10-17-18(20)14-31(24(17)34)19-3-5-22(32)28-23(19)33/h2,4,10-12,19H,3,5-9,13-14H2,(H,28,32,33). The predicted octanol–water partition coefficient (Wildman–Crippen LogP) is 1.85. The Labute approximate surface area is 196 Å². The maximum absolute atomic E-state index is 14.5. The molecule has 1 unspecified atom stereocenters. The van der Waals surface area contributed by atoms with Gasteiger partial charge in [-0.2, -0.15) is 0 Å². The number of nitrogens with one attached hydrogen (secondary N) is 1. The van der Waals surface area contributed by atoms with Crippen LogP contribution in [0.2, 0.25) is 0 Å². The summed E-state index contributed by atoms with van der Waals surface area (Å²) in [5, 5.41) is 2.29. The number of imide groups is 1. The van der Waals surface area contributed by atoms with Crippen LogP contribution in [0.1, 0.15) is 34.3 Å². The molecule has 1 aromatic heterocycles. The summed E-state index contributed by atoms with van der Waals surface area (Å²) in [6.07, 6.45) is 2.16. The van der Waals surface area contributed by atoms with E-state index in [4.69, 9.17) is 6.57 Å². The van der Waals surface area contributed by atoms with Crippen LogP contribution >= 0.6 is 0 Å². The lowest BCUT2D eigenvalue weighted by Crippen LogP contribution is -2.52. The van der Waals surface area contributed by atoms with Gasteiger partial charge in [0.2, 0.25) is 11.8 Å². The fourth-order valence-electron chi connectivity index (χ4n) is 4.87. The van der Waals surface area contributed by atoms with Crippen LogP contribution in [0.15, 0.2) is 30.5 Å². The fraction of sp³-hybridized carbons (Fsp3) is 0.375. The van der Waals surface area contributed by atoms with Crippen molar-refractivity contribution in [2.75, 3.05) is 31.1 Å². The van der Waals surface area contributed by atoms with Gasteiger partial charge in [0.1, 0.15) is 18.1 Å². The number of carbonyl (C=O) groups excluding carboxylic acids is 3. The normalized spacial score (nSPS) is 20.8. The number of rotatable bonds is 4. The van der Waals surface area contributed by atoms with Gasteiger partial charge in [0, 0.05) is 68.1 Å². The van der Waals surface area contributed by atoms with Crippen molar-refractivity contribution in [3.05, 3.63) is 64.4 Å². The van der Waals surface area contributed by atoms with E-state index >= 15 is 0 Å². The second-order valence-corrected chi connectivity index (χ2v) is 8.75. The second kappa shape index (κ2) is 8.83. The van der Waals surface area contributed by atoms with Crippen LogP contribution < -0.4 is 10.2 Å².